The second-order valence-electron chi connectivity index (χ2n) is 10.9. The van der Waals surface area contributed by atoms with Gasteiger partial charge in [-0.05, 0) is 55.0 Å². The summed E-state index contributed by atoms with van der Waals surface area (Å²) in [4.78, 5) is 49.2. The number of hydrogen-bond donors (Lipinski definition) is 1. The van der Waals surface area contributed by atoms with Crippen LogP contribution in [0.4, 0.5) is 5.69 Å². The Kier molecular flexibility index (Phi) is 11.8. The number of benzene rings is 3. The molecule has 3 amide bonds. The van der Waals surface area contributed by atoms with Crippen molar-refractivity contribution in [3.63, 3.8) is 0 Å². The molecule has 2 heterocycles. The molecule has 0 atom stereocenters. The third-order valence-corrected chi connectivity index (χ3v) is 8.15. The highest BCUT2D eigenvalue weighted by atomic mass is 35.5. The number of pyridine rings is 1. The Hall–Kier alpha value is -4.90. The van der Waals surface area contributed by atoms with Crippen molar-refractivity contribution in [1.82, 2.24) is 24.8 Å². The lowest BCUT2D eigenvalue weighted by Gasteiger charge is -2.21. The summed E-state index contributed by atoms with van der Waals surface area (Å²) in [5, 5.41) is 4.10. The van der Waals surface area contributed by atoms with Crippen LogP contribution in [0.1, 0.15) is 27.2 Å². The van der Waals surface area contributed by atoms with Crippen LogP contribution in [0.2, 0.25) is 10.0 Å². The van der Waals surface area contributed by atoms with Gasteiger partial charge >= 0.3 is 0 Å². The van der Waals surface area contributed by atoms with E-state index in [4.69, 9.17) is 32.9 Å². The molecule has 5 rings (SSSR count). The van der Waals surface area contributed by atoms with Gasteiger partial charge in [0.1, 0.15) is 17.9 Å². The minimum absolute atomic E-state index is 0. The molecule has 13 heteroatoms. The first-order valence-electron chi connectivity index (χ1n) is 14.6. The third kappa shape index (κ3) is 8.14. The summed E-state index contributed by atoms with van der Waals surface area (Å²) in [5.74, 6) is -0.413. The molecule has 10 nitrogen and oxygen atoms in total. The van der Waals surface area contributed by atoms with Crippen molar-refractivity contribution in [3.05, 3.63) is 118 Å². The van der Waals surface area contributed by atoms with E-state index in [1.165, 1.54) is 15.9 Å². The van der Waals surface area contributed by atoms with Crippen molar-refractivity contribution in [2.75, 3.05) is 32.6 Å². The van der Waals surface area contributed by atoms with E-state index in [1.807, 2.05) is 42.0 Å². The van der Waals surface area contributed by atoms with E-state index in [0.29, 0.717) is 33.1 Å². The summed E-state index contributed by atoms with van der Waals surface area (Å²) >= 11 is 13.3. The Morgan fingerprint density at radius 1 is 1.02 bits per heavy atom. The average Bonchev–Trinajstić information content (AvgIpc) is 3.60. The number of imidazole rings is 1. The Morgan fingerprint density at radius 2 is 1.77 bits per heavy atom. The van der Waals surface area contributed by atoms with Crippen LogP contribution in [0.3, 0.4) is 0 Å². The monoisotopic (exact) mass is 706 g/mol. The largest absolute Gasteiger partial charge is 0.487 e. The number of fused-ring (bicyclic) bond motifs is 1. The van der Waals surface area contributed by atoms with E-state index in [2.05, 4.69) is 10.3 Å². The number of nitrogens with one attached hydrogen (secondary N) is 1. The molecule has 3 aromatic carbocycles. The Labute approximate surface area is 294 Å². The molecule has 0 saturated carbocycles. The third-order valence-electron chi connectivity index (χ3n) is 7.37. The number of carbonyl (C=O) groups is 3. The number of hydrogen-bond acceptors (Lipinski definition) is 6. The molecule has 0 aliphatic carbocycles. The van der Waals surface area contributed by atoms with Crippen LogP contribution in [0.25, 0.3) is 22.7 Å². The summed E-state index contributed by atoms with van der Waals surface area (Å²) < 4.78 is 8.13. The summed E-state index contributed by atoms with van der Waals surface area (Å²) in [7, 11) is 4.92. The molecule has 0 aliphatic heterocycles. The van der Waals surface area contributed by atoms with Crippen LogP contribution in [0, 0.1) is 6.92 Å². The molecule has 0 fully saturated rings. The minimum atomic E-state index is -0.452. The predicted octanol–water partition coefficient (Wildman–Crippen LogP) is 6.53. The highest BCUT2D eigenvalue weighted by molar-refractivity contribution is 6.38. The summed E-state index contributed by atoms with van der Waals surface area (Å²) in [6.45, 7) is 1.67. The molecule has 0 saturated heterocycles. The smallest absolute Gasteiger partial charge is 0.253 e. The van der Waals surface area contributed by atoms with Crippen molar-refractivity contribution in [2.45, 2.75) is 13.5 Å². The first kappa shape index (κ1) is 35.9. The number of ether oxygens (including phenoxy) is 1. The van der Waals surface area contributed by atoms with E-state index in [-0.39, 0.29) is 36.5 Å². The van der Waals surface area contributed by atoms with Crippen molar-refractivity contribution >= 4 is 76.0 Å². The SMILES string of the molecule is Cc1cc(-n2ccnc2)c2cccc(OCc3c(Cl)ccc(N(C)C(=O)CNC(=O)/C=C/c4ccc(C(=O)N(C)C)cc4)c3Cl)c2n1.Cl. The molecule has 248 valence electrons. The van der Waals surface area contributed by atoms with Gasteiger partial charge in [0.15, 0.2) is 0 Å². The Morgan fingerprint density at radius 3 is 2.46 bits per heavy atom. The number of aryl methyl sites for hydroxylation is 1. The van der Waals surface area contributed by atoms with Crippen molar-refractivity contribution < 1.29 is 19.1 Å². The lowest BCUT2D eigenvalue weighted by Crippen LogP contribution is -2.37. The normalized spacial score (nSPS) is 10.9. The lowest BCUT2D eigenvalue weighted by molar-refractivity contribution is -0.122. The first-order valence-corrected chi connectivity index (χ1v) is 15.3. The zero-order valence-electron chi connectivity index (χ0n) is 26.6. The van der Waals surface area contributed by atoms with Crippen LogP contribution >= 0.6 is 35.6 Å². The van der Waals surface area contributed by atoms with Gasteiger partial charge in [-0.3, -0.25) is 14.4 Å². The van der Waals surface area contributed by atoms with Crippen molar-refractivity contribution in [1.29, 1.82) is 0 Å². The van der Waals surface area contributed by atoms with Gasteiger partial charge in [-0.15, -0.1) is 12.4 Å². The Bertz CT molecular complexity index is 1980. The van der Waals surface area contributed by atoms with Gasteiger partial charge in [-0.1, -0.05) is 47.5 Å². The fourth-order valence-electron chi connectivity index (χ4n) is 4.83. The predicted molar refractivity (Wildman–Crippen MR) is 192 cm³/mol. The molecular weight excluding hydrogens is 675 g/mol. The molecule has 0 bridgehead atoms. The number of nitrogens with zero attached hydrogens (tertiary/aromatic N) is 5. The molecule has 2 aromatic heterocycles. The number of rotatable bonds is 10. The molecule has 0 aliphatic rings. The number of likely N-dealkylation sites (N-methyl/N-ethyl adjacent to an activating group) is 1. The fourth-order valence-corrected chi connectivity index (χ4v) is 5.43. The fraction of sp³-hybridized carbons (Fsp3) is 0.171. The summed E-state index contributed by atoms with van der Waals surface area (Å²) in [5.41, 5.74) is 4.58. The van der Waals surface area contributed by atoms with Gasteiger partial charge in [0.25, 0.3) is 5.91 Å². The first-order chi connectivity index (χ1) is 22.5. The zero-order valence-corrected chi connectivity index (χ0v) is 28.9. The number of anilines is 1. The van der Waals surface area contributed by atoms with E-state index in [0.717, 1.165) is 22.3 Å². The van der Waals surface area contributed by atoms with Gasteiger partial charge < -0.3 is 24.4 Å². The summed E-state index contributed by atoms with van der Waals surface area (Å²) in [6, 6.07) is 17.8. The number of aromatic nitrogens is 3. The standard InChI is InChI=1S/C35H32Cl2N6O4.ClH/c1-22-18-29(43-17-16-38-21-43)25-6-5-7-30(34(25)40-22)47-20-26-27(36)13-14-28(33(26)37)42(4)32(45)19-39-31(44)15-10-23-8-11-24(12-9-23)35(46)41(2)3;/h5-18,21H,19-20H2,1-4H3,(H,39,44);1H/b15-10+;. The highest BCUT2D eigenvalue weighted by Crippen LogP contribution is 2.36. The van der Waals surface area contributed by atoms with Gasteiger partial charge in [-0.2, -0.15) is 0 Å². The number of amides is 3. The zero-order chi connectivity index (χ0) is 33.7. The maximum Gasteiger partial charge on any atom is 0.253 e. The molecule has 48 heavy (non-hydrogen) atoms. The van der Waals surface area contributed by atoms with E-state index >= 15 is 0 Å². The van der Waals surface area contributed by atoms with Crippen LogP contribution in [0.15, 0.2) is 85.5 Å². The van der Waals surface area contributed by atoms with E-state index in [9.17, 15) is 14.4 Å². The minimum Gasteiger partial charge on any atom is -0.487 e. The lowest BCUT2D eigenvalue weighted by atomic mass is 10.1. The van der Waals surface area contributed by atoms with Crippen molar-refractivity contribution in [2.24, 2.45) is 0 Å². The second kappa shape index (κ2) is 15.8. The maximum atomic E-state index is 13.0. The highest BCUT2D eigenvalue weighted by Gasteiger charge is 2.20. The van der Waals surface area contributed by atoms with Gasteiger partial charge in [0, 0.05) is 66.8 Å². The van der Waals surface area contributed by atoms with Gasteiger partial charge in [0.05, 0.1) is 29.3 Å². The maximum absolute atomic E-state index is 13.0. The molecule has 1 N–H and O–H groups in total. The number of halogens is 3. The van der Waals surface area contributed by atoms with Crippen LogP contribution in [-0.2, 0) is 16.2 Å². The van der Waals surface area contributed by atoms with Gasteiger partial charge in [-0.25, -0.2) is 9.97 Å². The number of para-hydroxylation sites is 1. The topological polar surface area (TPSA) is 110 Å². The Balaban J connectivity index is 0.00000520. The van der Waals surface area contributed by atoms with Crippen molar-refractivity contribution in [3.8, 4) is 11.4 Å². The van der Waals surface area contributed by atoms with Gasteiger partial charge in [0.2, 0.25) is 11.8 Å². The molecule has 0 spiro atoms. The number of carbonyl (C=O) groups excluding carboxylic acids is 3. The average molecular weight is 708 g/mol. The van der Waals surface area contributed by atoms with Crippen LogP contribution in [0.5, 0.6) is 5.75 Å². The quantitative estimate of drug-likeness (QED) is 0.165. The second-order valence-corrected chi connectivity index (χ2v) is 11.7. The van der Waals surface area contributed by atoms with Crippen LogP contribution in [-0.4, -0.2) is 64.8 Å². The van der Waals surface area contributed by atoms with Crippen LogP contribution < -0.4 is 15.0 Å². The van der Waals surface area contributed by atoms with E-state index < -0.39 is 11.8 Å². The molecular formula is C35H33Cl3N6O4. The molecule has 0 radical (unpaired) electrons. The molecule has 0 unspecified atom stereocenters. The summed E-state index contributed by atoms with van der Waals surface area (Å²) in [6.07, 6.45) is 8.22. The molecule has 5 aromatic rings. The van der Waals surface area contributed by atoms with E-state index in [1.54, 1.807) is 76.1 Å².